The van der Waals surface area contributed by atoms with Crippen LogP contribution in [0.1, 0.15) is 47.1 Å². The number of amides is 1. The first kappa shape index (κ1) is 27.5. The minimum Gasteiger partial charge on any atom is -0.369 e. The van der Waals surface area contributed by atoms with Crippen molar-refractivity contribution in [2.24, 2.45) is 0 Å². The number of ether oxygens (including phenoxy) is 1. The molecule has 1 aliphatic heterocycles. The van der Waals surface area contributed by atoms with Gasteiger partial charge in [-0.1, -0.05) is 60.2 Å². The fraction of sp³-hybridized carbons (Fsp3) is 0.233. The highest BCUT2D eigenvalue weighted by atomic mass is 35.5. The van der Waals surface area contributed by atoms with Crippen molar-refractivity contribution in [3.8, 4) is 5.69 Å². The molecule has 0 bridgehead atoms. The minimum atomic E-state index is -0.825. The van der Waals surface area contributed by atoms with E-state index in [0.29, 0.717) is 30.1 Å². The molecule has 0 radical (unpaired) electrons. The average molecular weight is 565 g/mol. The van der Waals surface area contributed by atoms with Crippen molar-refractivity contribution in [3.63, 3.8) is 0 Å². The molecule has 5 rings (SSSR count). The Balaban J connectivity index is 1.53. The van der Waals surface area contributed by atoms with Crippen molar-refractivity contribution in [1.29, 1.82) is 0 Å². The maximum absolute atomic E-state index is 15.6. The SMILES string of the molecule is C=C(C)C1CN(c2c(F)cccc2Cl)C(=O)c2cc(F)c(-n3nc(COCc4ccccc4)n(CC)c3=O)cc21. The van der Waals surface area contributed by atoms with Gasteiger partial charge in [0.25, 0.3) is 5.91 Å². The molecule has 1 unspecified atom stereocenters. The highest BCUT2D eigenvalue weighted by Gasteiger charge is 2.36. The van der Waals surface area contributed by atoms with Crippen LogP contribution in [0.25, 0.3) is 5.69 Å². The van der Waals surface area contributed by atoms with Crippen LogP contribution in [-0.2, 0) is 24.5 Å². The molecule has 1 aliphatic rings. The topological polar surface area (TPSA) is 69.4 Å². The molecule has 7 nitrogen and oxygen atoms in total. The number of anilines is 1. The number of aromatic nitrogens is 3. The second-order valence-corrected chi connectivity index (χ2v) is 10.0. The Labute approximate surface area is 234 Å². The lowest BCUT2D eigenvalue weighted by Gasteiger charge is -2.35. The summed E-state index contributed by atoms with van der Waals surface area (Å²) in [5.74, 6) is -2.23. The number of carbonyl (C=O) groups is 1. The van der Waals surface area contributed by atoms with E-state index in [-0.39, 0.29) is 35.1 Å². The Morgan fingerprint density at radius 3 is 2.50 bits per heavy atom. The van der Waals surface area contributed by atoms with Gasteiger partial charge in [-0.3, -0.25) is 9.36 Å². The molecular weight excluding hydrogens is 538 g/mol. The molecular formula is C30H27ClF2N4O3. The summed E-state index contributed by atoms with van der Waals surface area (Å²) in [4.78, 5) is 28.0. The molecule has 0 fully saturated rings. The van der Waals surface area contributed by atoms with E-state index in [1.54, 1.807) is 13.8 Å². The van der Waals surface area contributed by atoms with Crippen molar-refractivity contribution in [2.45, 2.75) is 39.5 Å². The third-order valence-electron chi connectivity index (χ3n) is 6.96. The molecule has 4 aromatic rings. The number of rotatable bonds is 8. The standard InChI is InChI=1S/C30H27ClF2N4O3/c1-4-35-27(17-40-16-19-9-6-5-7-10-19)34-37(30(35)39)26-14-20-21(13-25(26)33)29(38)36(15-22(20)18(2)3)28-23(31)11-8-12-24(28)32/h5-14,22H,2,4,15-17H2,1,3H3. The van der Waals surface area contributed by atoms with Gasteiger partial charge < -0.3 is 9.64 Å². The van der Waals surface area contributed by atoms with Crippen LogP contribution in [0.4, 0.5) is 14.5 Å². The molecule has 40 heavy (non-hydrogen) atoms. The van der Waals surface area contributed by atoms with Crippen molar-refractivity contribution in [2.75, 3.05) is 11.4 Å². The smallest absolute Gasteiger partial charge is 0.350 e. The number of fused-ring (bicyclic) bond motifs is 1. The second-order valence-electron chi connectivity index (χ2n) is 9.61. The summed E-state index contributed by atoms with van der Waals surface area (Å²) in [7, 11) is 0. The van der Waals surface area contributed by atoms with Gasteiger partial charge in [0.05, 0.1) is 17.3 Å². The van der Waals surface area contributed by atoms with Crippen LogP contribution in [0, 0.1) is 11.6 Å². The first-order valence-corrected chi connectivity index (χ1v) is 13.1. The zero-order valence-corrected chi connectivity index (χ0v) is 22.8. The summed E-state index contributed by atoms with van der Waals surface area (Å²) in [6, 6.07) is 16.2. The summed E-state index contributed by atoms with van der Waals surface area (Å²) in [6.45, 7) is 8.32. The number of nitrogens with zero attached hydrogens (tertiary/aromatic N) is 4. The van der Waals surface area contributed by atoms with E-state index in [1.807, 2.05) is 30.3 Å². The molecule has 0 aliphatic carbocycles. The fourth-order valence-corrected chi connectivity index (χ4v) is 5.20. The van der Waals surface area contributed by atoms with Crippen LogP contribution in [0.3, 0.4) is 0 Å². The Morgan fingerprint density at radius 2 is 1.82 bits per heavy atom. The number of carbonyl (C=O) groups excluding carboxylic acids is 1. The van der Waals surface area contributed by atoms with E-state index in [4.69, 9.17) is 16.3 Å². The predicted octanol–water partition coefficient (Wildman–Crippen LogP) is 6.02. The van der Waals surface area contributed by atoms with Crippen LogP contribution in [0.2, 0.25) is 5.02 Å². The normalized spacial score (nSPS) is 14.9. The quantitative estimate of drug-likeness (QED) is 0.245. The number of hydrogen-bond acceptors (Lipinski definition) is 4. The van der Waals surface area contributed by atoms with Crippen LogP contribution < -0.4 is 10.6 Å². The van der Waals surface area contributed by atoms with Crippen molar-refractivity contribution in [3.05, 3.63) is 122 Å². The summed E-state index contributed by atoms with van der Waals surface area (Å²) in [5.41, 5.74) is 1.44. The van der Waals surface area contributed by atoms with Gasteiger partial charge in [0.1, 0.15) is 23.9 Å². The largest absolute Gasteiger partial charge is 0.369 e. The van der Waals surface area contributed by atoms with Gasteiger partial charge in [0.2, 0.25) is 0 Å². The molecule has 10 heteroatoms. The van der Waals surface area contributed by atoms with Gasteiger partial charge in [0.15, 0.2) is 5.82 Å². The molecule has 1 amide bonds. The average Bonchev–Trinajstić information content (AvgIpc) is 3.24. The van der Waals surface area contributed by atoms with Crippen LogP contribution in [0.5, 0.6) is 0 Å². The first-order chi connectivity index (χ1) is 19.2. The third-order valence-corrected chi connectivity index (χ3v) is 7.27. The monoisotopic (exact) mass is 564 g/mol. The summed E-state index contributed by atoms with van der Waals surface area (Å²) in [6.07, 6.45) is 0. The van der Waals surface area contributed by atoms with E-state index < -0.39 is 29.1 Å². The van der Waals surface area contributed by atoms with E-state index in [0.717, 1.165) is 16.3 Å². The summed E-state index contributed by atoms with van der Waals surface area (Å²) in [5, 5.41) is 4.45. The summed E-state index contributed by atoms with van der Waals surface area (Å²) < 4.78 is 38.5. The maximum Gasteiger partial charge on any atom is 0.350 e. The number of halogens is 3. The zero-order valence-electron chi connectivity index (χ0n) is 22.0. The predicted molar refractivity (Wildman–Crippen MR) is 149 cm³/mol. The van der Waals surface area contributed by atoms with Gasteiger partial charge >= 0.3 is 5.69 Å². The Morgan fingerprint density at radius 1 is 1.07 bits per heavy atom. The second kappa shape index (κ2) is 11.2. The van der Waals surface area contributed by atoms with E-state index in [9.17, 15) is 14.0 Å². The first-order valence-electron chi connectivity index (χ1n) is 12.8. The molecule has 1 atom stereocenters. The number of hydrogen-bond donors (Lipinski definition) is 0. The van der Waals surface area contributed by atoms with Gasteiger partial charge in [-0.2, -0.15) is 4.68 Å². The minimum absolute atomic E-state index is 0.0363. The molecule has 0 N–H and O–H groups in total. The lowest BCUT2D eigenvalue weighted by Crippen LogP contribution is -2.41. The van der Waals surface area contributed by atoms with Gasteiger partial charge in [-0.15, -0.1) is 5.10 Å². The van der Waals surface area contributed by atoms with E-state index in [1.165, 1.54) is 33.7 Å². The highest BCUT2D eigenvalue weighted by molar-refractivity contribution is 6.34. The third kappa shape index (κ3) is 4.98. The number of para-hydroxylation sites is 1. The van der Waals surface area contributed by atoms with Gasteiger partial charge in [0, 0.05) is 24.6 Å². The fourth-order valence-electron chi connectivity index (χ4n) is 4.94. The van der Waals surface area contributed by atoms with Crippen LogP contribution in [0.15, 0.2) is 77.6 Å². The molecule has 1 aromatic heterocycles. The maximum atomic E-state index is 15.6. The molecule has 206 valence electrons. The Bertz CT molecular complexity index is 1650. The van der Waals surface area contributed by atoms with Crippen molar-refractivity contribution in [1.82, 2.24) is 14.3 Å². The Kier molecular flexibility index (Phi) is 7.69. The zero-order chi connectivity index (χ0) is 28.6. The molecule has 2 heterocycles. The molecule has 0 saturated heterocycles. The van der Waals surface area contributed by atoms with Gasteiger partial charge in [-0.25, -0.2) is 13.6 Å². The highest BCUT2D eigenvalue weighted by Crippen LogP contribution is 2.39. The van der Waals surface area contributed by atoms with E-state index in [2.05, 4.69) is 11.7 Å². The Hall–Kier alpha value is -4.08. The molecule has 3 aromatic carbocycles. The van der Waals surface area contributed by atoms with Crippen molar-refractivity contribution >= 4 is 23.2 Å². The lowest BCUT2D eigenvalue weighted by molar-refractivity contribution is 0.0976. The molecule has 0 spiro atoms. The van der Waals surface area contributed by atoms with E-state index >= 15 is 4.39 Å². The molecule has 0 saturated carbocycles. The summed E-state index contributed by atoms with van der Waals surface area (Å²) >= 11 is 6.25. The van der Waals surface area contributed by atoms with Crippen LogP contribution >= 0.6 is 11.6 Å². The lowest BCUT2D eigenvalue weighted by atomic mass is 9.84. The van der Waals surface area contributed by atoms with Crippen molar-refractivity contribution < 1.29 is 18.3 Å². The number of benzene rings is 3. The van der Waals surface area contributed by atoms with Gasteiger partial charge in [-0.05, 0) is 49.2 Å². The van der Waals surface area contributed by atoms with Crippen LogP contribution in [-0.4, -0.2) is 26.8 Å².